The number of nitrogens with zero attached hydrogens (tertiary/aromatic N) is 6. The predicted molar refractivity (Wildman–Crippen MR) is 157 cm³/mol. The molecule has 0 aliphatic heterocycles. The number of H-pyrrole nitrogens is 1. The molecule has 1 aliphatic carbocycles. The Bertz CT molecular complexity index is 1750. The quantitative estimate of drug-likeness (QED) is 0.151. The van der Waals surface area contributed by atoms with E-state index in [4.69, 9.17) is 19.0 Å². The van der Waals surface area contributed by atoms with Gasteiger partial charge >= 0.3 is 0 Å². The third-order valence-electron chi connectivity index (χ3n) is 7.07. The van der Waals surface area contributed by atoms with Gasteiger partial charge in [-0.05, 0) is 39.2 Å². The normalized spacial score (nSPS) is 13.1. The minimum absolute atomic E-state index is 0.00681. The number of imidazole rings is 1. The van der Waals surface area contributed by atoms with Gasteiger partial charge in [0.25, 0.3) is 11.5 Å². The Hall–Kier alpha value is -5.27. The van der Waals surface area contributed by atoms with Crippen LogP contribution in [0.3, 0.4) is 0 Å². The predicted octanol–water partition coefficient (Wildman–Crippen LogP) is 2.55. The maximum atomic E-state index is 13.2. The van der Waals surface area contributed by atoms with Crippen LogP contribution in [-0.4, -0.2) is 69.0 Å². The van der Waals surface area contributed by atoms with Crippen LogP contribution in [0.4, 0.5) is 0 Å². The molecule has 43 heavy (non-hydrogen) atoms. The molecule has 224 valence electrons. The van der Waals surface area contributed by atoms with Crippen LogP contribution in [0.15, 0.2) is 46.4 Å². The summed E-state index contributed by atoms with van der Waals surface area (Å²) in [6, 6.07) is 3.38. The second-order valence-corrected chi connectivity index (χ2v) is 9.66. The van der Waals surface area contributed by atoms with Crippen molar-refractivity contribution in [3.05, 3.63) is 75.3 Å². The first-order valence-electron chi connectivity index (χ1n) is 13.6. The minimum atomic E-state index is -0.532. The second-order valence-electron chi connectivity index (χ2n) is 9.66. The van der Waals surface area contributed by atoms with E-state index in [1.807, 2.05) is 0 Å². The largest absolute Gasteiger partial charge is 0.496 e. The van der Waals surface area contributed by atoms with Crippen molar-refractivity contribution in [2.75, 3.05) is 27.9 Å². The molecule has 1 aliphatic rings. The number of carbonyl (C=O) groups excluding carboxylic acids is 1. The lowest BCUT2D eigenvalue weighted by Gasteiger charge is -2.17. The summed E-state index contributed by atoms with van der Waals surface area (Å²) in [4.78, 5) is 52.3. The maximum absolute atomic E-state index is 13.2. The van der Waals surface area contributed by atoms with Gasteiger partial charge in [-0.15, -0.1) is 0 Å². The molecule has 2 N–H and O–H groups in total. The molecule has 0 bridgehead atoms. The molecular formula is C29H32N8O6. The Morgan fingerprint density at radius 3 is 2.56 bits per heavy atom. The Balaban J connectivity index is 1.35. The highest BCUT2D eigenvalue weighted by atomic mass is 16.6. The van der Waals surface area contributed by atoms with Gasteiger partial charge in [0.05, 0.1) is 51.9 Å². The number of hydrogen-bond donors (Lipinski definition) is 2. The summed E-state index contributed by atoms with van der Waals surface area (Å²) in [5.41, 5.74) is 3.26. The fourth-order valence-electron chi connectivity index (χ4n) is 4.76. The minimum Gasteiger partial charge on any atom is -0.496 e. The highest BCUT2D eigenvalue weighted by Crippen LogP contribution is 2.34. The van der Waals surface area contributed by atoms with Crippen LogP contribution < -0.4 is 25.1 Å². The molecule has 1 amide bonds. The second kappa shape index (κ2) is 12.7. The van der Waals surface area contributed by atoms with Gasteiger partial charge in [-0.1, -0.05) is 5.16 Å². The molecular weight excluding hydrogens is 556 g/mol. The van der Waals surface area contributed by atoms with Crippen molar-refractivity contribution in [1.29, 1.82) is 0 Å². The number of fused-ring (bicyclic) bond motifs is 2. The van der Waals surface area contributed by atoms with Gasteiger partial charge in [-0.2, -0.15) is 0 Å². The maximum Gasteiger partial charge on any atom is 0.272 e. The number of hydrogen-bond acceptors (Lipinski definition) is 11. The van der Waals surface area contributed by atoms with Gasteiger partial charge in [0, 0.05) is 17.8 Å². The number of rotatable bonds is 11. The van der Waals surface area contributed by atoms with Gasteiger partial charge in [-0.25, -0.2) is 19.9 Å². The number of ether oxygens (including phenoxy) is 3. The van der Waals surface area contributed by atoms with Crippen molar-refractivity contribution in [1.82, 2.24) is 34.8 Å². The molecule has 0 fully saturated rings. The number of aryl methyl sites for hydroxylation is 2. The van der Waals surface area contributed by atoms with Crippen molar-refractivity contribution in [3.63, 3.8) is 0 Å². The monoisotopic (exact) mass is 588 g/mol. The van der Waals surface area contributed by atoms with E-state index in [0.717, 1.165) is 36.8 Å². The zero-order valence-corrected chi connectivity index (χ0v) is 24.6. The number of benzene rings is 1. The smallest absolute Gasteiger partial charge is 0.272 e. The Morgan fingerprint density at radius 1 is 1.12 bits per heavy atom. The third-order valence-corrected chi connectivity index (χ3v) is 7.07. The van der Waals surface area contributed by atoms with Gasteiger partial charge in [0.2, 0.25) is 0 Å². The van der Waals surface area contributed by atoms with Crippen molar-refractivity contribution in [3.8, 4) is 17.2 Å². The Labute approximate surface area is 246 Å². The molecule has 5 rings (SSSR count). The molecule has 0 atom stereocenters. The summed E-state index contributed by atoms with van der Waals surface area (Å²) in [6.07, 6.45) is 7.06. The number of amides is 1. The van der Waals surface area contributed by atoms with Crippen molar-refractivity contribution in [2.45, 2.75) is 39.7 Å². The van der Waals surface area contributed by atoms with Crippen LogP contribution >= 0.6 is 0 Å². The Morgan fingerprint density at radius 2 is 1.88 bits per heavy atom. The summed E-state index contributed by atoms with van der Waals surface area (Å²) < 4.78 is 17.8. The van der Waals surface area contributed by atoms with E-state index in [1.165, 1.54) is 32.2 Å². The first kappa shape index (κ1) is 29.2. The van der Waals surface area contributed by atoms with Crippen LogP contribution in [0, 0.1) is 0 Å². The fraction of sp³-hybridized carbons (Fsp3) is 0.345. The van der Waals surface area contributed by atoms with Gasteiger partial charge in [-0.3, -0.25) is 14.2 Å². The molecule has 4 aromatic rings. The lowest BCUT2D eigenvalue weighted by molar-refractivity contribution is 0.0943. The van der Waals surface area contributed by atoms with E-state index in [-0.39, 0.29) is 29.9 Å². The number of methoxy groups -OCH3 is 3. The highest BCUT2D eigenvalue weighted by molar-refractivity contribution is 6.02. The average Bonchev–Trinajstić information content (AvgIpc) is 3.65. The van der Waals surface area contributed by atoms with E-state index in [0.29, 0.717) is 40.1 Å². The molecule has 14 nitrogen and oxygen atoms in total. The SMILES string of the molecule is C/C=C(/CNC(=O)c1ncnc2c1ncc(=O)n2Cc1c(OC)cc(OC)cc1OC)O/N=C(\C)c1nc2c([nH]1)CCC2. The van der Waals surface area contributed by atoms with E-state index in [2.05, 4.69) is 35.4 Å². The molecule has 14 heteroatoms. The Kier molecular flexibility index (Phi) is 8.64. The van der Waals surface area contributed by atoms with E-state index < -0.39 is 11.5 Å². The van der Waals surface area contributed by atoms with Gasteiger partial charge in [0.15, 0.2) is 17.2 Å². The van der Waals surface area contributed by atoms with E-state index in [9.17, 15) is 9.59 Å². The van der Waals surface area contributed by atoms with Crippen molar-refractivity contribution >= 4 is 22.8 Å². The fourth-order valence-corrected chi connectivity index (χ4v) is 4.76. The number of nitrogens with one attached hydrogen (secondary N) is 2. The summed E-state index contributed by atoms with van der Waals surface area (Å²) in [5, 5.41) is 6.95. The molecule has 0 saturated carbocycles. The number of aromatic nitrogens is 6. The first-order chi connectivity index (χ1) is 20.9. The lowest BCUT2D eigenvalue weighted by Crippen LogP contribution is -2.29. The van der Waals surface area contributed by atoms with Crippen LogP contribution in [0.2, 0.25) is 0 Å². The topological polar surface area (TPSA) is 168 Å². The summed E-state index contributed by atoms with van der Waals surface area (Å²) >= 11 is 0. The highest BCUT2D eigenvalue weighted by Gasteiger charge is 2.21. The van der Waals surface area contributed by atoms with E-state index >= 15 is 0 Å². The first-order valence-corrected chi connectivity index (χ1v) is 13.6. The number of oxime groups is 1. The molecule has 0 unspecified atom stereocenters. The van der Waals surface area contributed by atoms with Gasteiger partial charge in [0.1, 0.15) is 40.6 Å². The van der Waals surface area contributed by atoms with E-state index in [1.54, 1.807) is 32.1 Å². The van der Waals surface area contributed by atoms with Crippen molar-refractivity contribution < 1.29 is 23.8 Å². The molecule has 0 saturated heterocycles. The average molecular weight is 589 g/mol. The summed E-state index contributed by atoms with van der Waals surface area (Å²) in [6.45, 7) is 3.63. The van der Waals surface area contributed by atoms with Crippen LogP contribution in [0.5, 0.6) is 17.2 Å². The van der Waals surface area contributed by atoms with Crippen molar-refractivity contribution in [2.24, 2.45) is 5.16 Å². The summed E-state index contributed by atoms with van der Waals surface area (Å²) in [5.74, 6) is 1.98. The molecule has 3 heterocycles. The zero-order chi connectivity index (χ0) is 30.5. The molecule has 0 radical (unpaired) electrons. The standard InChI is InChI=1S/C29H32N8O6/c1-6-17(43-36-16(2)27-34-20-8-7-9-21(20)35-27)12-31-29(39)26-25-28(33-15-32-26)37(24(38)13-30-25)14-19-22(41-4)10-18(40-3)11-23(19)42-5/h6,10-11,13,15H,7-9,12,14H2,1-5H3,(H,31,39)(H,34,35)/b17-6-,36-16+. The molecule has 0 spiro atoms. The van der Waals surface area contributed by atoms with Crippen LogP contribution in [-0.2, 0) is 24.2 Å². The molecule has 3 aromatic heterocycles. The van der Waals surface area contributed by atoms with Crippen LogP contribution in [0.25, 0.3) is 11.2 Å². The molecule has 1 aromatic carbocycles. The zero-order valence-electron chi connectivity index (χ0n) is 24.6. The van der Waals surface area contributed by atoms with Gasteiger partial charge < -0.3 is 29.3 Å². The number of aromatic amines is 1. The number of carbonyl (C=O) groups is 1. The number of allylic oxidation sites excluding steroid dienone is 1. The third kappa shape index (κ3) is 6.03. The lowest BCUT2D eigenvalue weighted by atomic mass is 10.1. The summed E-state index contributed by atoms with van der Waals surface area (Å²) in [7, 11) is 4.55. The van der Waals surface area contributed by atoms with Crippen LogP contribution in [0.1, 0.15) is 53.5 Å².